The van der Waals surface area contributed by atoms with Crippen LogP contribution in [0.3, 0.4) is 0 Å². The van der Waals surface area contributed by atoms with Crippen LogP contribution in [0.15, 0.2) is 42.5 Å². The van der Waals surface area contributed by atoms with Gasteiger partial charge >= 0.3 is 11.8 Å². The van der Waals surface area contributed by atoms with E-state index in [2.05, 4.69) is 10.6 Å². The number of hydrogen-bond donors (Lipinski definition) is 2. The third-order valence-corrected chi connectivity index (χ3v) is 3.64. The molecule has 6 heteroatoms. The molecular formula is C19H22N2O4. The number of anilines is 1. The molecule has 0 saturated heterocycles. The second-order valence-electron chi connectivity index (χ2n) is 5.52. The average molecular weight is 342 g/mol. The number of rotatable bonds is 6. The van der Waals surface area contributed by atoms with E-state index in [1.54, 1.807) is 19.2 Å². The van der Waals surface area contributed by atoms with E-state index in [9.17, 15) is 9.59 Å². The Kier molecular flexibility index (Phi) is 6.39. The number of amides is 2. The highest BCUT2D eigenvalue weighted by atomic mass is 16.5. The standard InChI is InChI=1S/C19H22N2O4/c1-13-7-8-17(25-3)16(11-13)21-19(23)18(22)20-10-9-14-5-4-6-15(12-14)24-2/h4-8,11-12H,9-10H2,1-3H3,(H,20,22)(H,21,23). The molecule has 0 aliphatic heterocycles. The predicted molar refractivity (Wildman–Crippen MR) is 96.1 cm³/mol. The summed E-state index contributed by atoms with van der Waals surface area (Å²) in [5.41, 5.74) is 2.44. The SMILES string of the molecule is COc1cccc(CCNC(=O)C(=O)Nc2cc(C)ccc2OC)c1. The molecule has 0 aliphatic carbocycles. The van der Waals surface area contributed by atoms with Crippen LogP contribution < -0.4 is 20.1 Å². The van der Waals surface area contributed by atoms with E-state index in [1.165, 1.54) is 7.11 Å². The zero-order valence-corrected chi connectivity index (χ0v) is 14.6. The Hall–Kier alpha value is -3.02. The van der Waals surface area contributed by atoms with Crippen LogP contribution >= 0.6 is 0 Å². The molecule has 0 saturated carbocycles. The largest absolute Gasteiger partial charge is 0.497 e. The van der Waals surface area contributed by atoms with E-state index in [-0.39, 0.29) is 0 Å². The molecule has 0 heterocycles. The molecule has 0 aromatic heterocycles. The maximum absolute atomic E-state index is 12.0. The van der Waals surface area contributed by atoms with Gasteiger partial charge in [-0.15, -0.1) is 0 Å². The molecule has 25 heavy (non-hydrogen) atoms. The second kappa shape index (κ2) is 8.73. The molecule has 6 nitrogen and oxygen atoms in total. The Bertz CT molecular complexity index is 759. The molecular weight excluding hydrogens is 320 g/mol. The van der Waals surface area contributed by atoms with Gasteiger partial charge in [0.25, 0.3) is 0 Å². The van der Waals surface area contributed by atoms with Crippen molar-refractivity contribution in [3.63, 3.8) is 0 Å². The summed E-state index contributed by atoms with van der Waals surface area (Å²) < 4.78 is 10.3. The highest BCUT2D eigenvalue weighted by molar-refractivity contribution is 6.39. The van der Waals surface area contributed by atoms with Crippen LogP contribution in [0.2, 0.25) is 0 Å². The van der Waals surface area contributed by atoms with Crippen LogP contribution in [0.25, 0.3) is 0 Å². The van der Waals surface area contributed by atoms with Crippen molar-refractivity contribution in [1.82, 2.24) is 5.32 Å². The maximum atomic E-state index is 12.0. The Labute approximate surface area is 147 Å². The minimum absolute atomic E-state index is 0.352. The number of nitrogens with one attached hydrogen (secondary N) is 2. The smallest absolute Gasteiger partial charge is 0.313 e. The van der Waals surface area contributed by atoms with Gasteiger partial charge in [-0.25, -0.2) is 0 Å². The van der Waals surface area contributed by atoms with E-state index in [1.807, 2.05) is 37.3 Å². The molecule has 2 aromatic carbocycles. The minimum atomic E-state index is -0.727. The number of benzene rings is 2. The van der Waals surface area contributed by atoms with Crippen LogP contribution in [0, 0.1) is 6.92 Å². The fourth-order valence-corrected chi connectivity index (χ4v) is 2.33. The van der Waals surface area contributed by atoms with Crippen molar-refractivity contribution in [3.05, 3.63) is 53.6 Å². The first kappa shape index (κ1) is 18.3. The summed E-state index contributed by atoms with van der Waals surface area (Å²) in [4.78, 5) is 24.0. The molecule has 0 bridgehead atoms. The lowest BCUT2D eigenvalue weighted by Crippen LogP contribution is -2.36. The number of carbonyl (C=O) groups is 2. The quantitative estimate of drug-likeness (QED) is 0.790. The van der Waals surface area contributed by atoms with Crippen molar-refractivity contribution in [2.45, 2.75) is 13.3 Å². The highest BCUT2D eigenvalue weighted by Gasteiger charge is 2.15. The summed E-state index contributed by atoms with van der Waals surface area (Å²) in [7, 11) is 3.11. The topological polar surface area (TPSA) is 76.7 Å². The van der Waals surface area contributed by atoms with E-state index < -0.39 is 11.8 Å². The van der Waals surface area contributed by atoms with Crippen LogP contribution in [-0.2, 0) is 16.0 Å². The van der Waals surface area contributed by atoms with Crippen LogP contribution in [0.4, 0.5) is 5.69 Å². The molecule has 2 aromatic rings. The molecule has 2 rings (SSSR count). The second-order valence-corrected chi connectivity index (χ2v) is 5.52. The van der Waals surface area contributed by atoms with E-state index in [0.29, 0.717) is 24.4 Å². The number of ether oxygens (including phenoxy) is 2. The Morgan fingerprint density at radius 1 is 1.00 bits per heavy atom. The predicted octanol–water partition coefficient (Wildman–Crippen LogP) is 2.31. The number of methoxy groups -OCH3 is 2. The number of aryl methyl sites for hydroxylation is 1. The summed E-state index contributed by atoms with van der Waals surface area (Å²) >= 11 is 0. The van der Waals surface area contributed by atoms with Gasteiger partial charge in [0, 0.05) is 6.54 Å². The Morgan fingerprint density at radius 2 is 1.80 bits per heavy atom. The van der Waals surface area contributed by atoms with Crippen molar-refractivity contribution < 1.29 is 19.1 Å². The van der Waals surface area contributed by atoms with Gasteiger partial charge in [0.05, 0.1) is 19.9 Å². The first-order chi connectivity index (χ1) is 12.0. The molecule has 0 fully saturated rings. The van der Waals surface area contributed by atoms with Crippen LogP contribution in [0.5, 0.6) is 11.5 Å². The Morgan fingerprint density at radius 3 is 2.52 bits per heavy atom. The van der Waals surface area contributed by atoms with Gasteiger partial charge in [-0.2, -0.15) is 0 Å². The zero-order valence-electron chi connectivity index (χ0n) is 14.6. The molecule has 0 aliphatic rings. The third kappa shape index (κ3) is 5.24. The van der Waals surface area contributed by atoms with Crippen LogP contribution in [-0.4, -0.2) is 32.6 Å². The van der Waals surface area contributed by atoms with Gasteiger partial charge in [0.1, 0.15) is 11.5 Å². The van der Waals surface area contributed by atoms with Crippen molar-refractivity contribution in [2.24, 2.45) is 0 Å². The van der Waals surface area contributed by atoms with Gasteiger partial charge < -0.3 is 20.1 Å². The van der Waals surface area contributed by atoms with Crippen LogP contribution in [0.1, 0.15) is 11.1 Å². The van der Waals surface area contributed by atoms with E-state index in [4.69, 9.17) is 9.47 Å². The van der Waals surface area contributed by atoms with Gasteiger partial charge in [-0.1, -0.05) is 18.2 Å². The summed E-state index contributed by atoms with van der Waals surface area (Å²) in [6.07, 6.45) is 0.601. The van der Waals surface area contributed by atoms with Crippen molar-refractivity contribution in [2.75, 3.05) is 26.1 Å². The average Bonchev–Trinajstić information content (AvgIpc) is 2.62. The van der Waals surface area contributed by atoms with Crippen molar-refractivity contribution >= 4 is 17.5 Å². The third-order valence-electron chi connectivity index (χ3n) is 3.64. The molecule has 2 amide bonds. The number of carbonyl (C=O) groups excluding carboxylic acids is 2. The summed E-state index contributed by atoms with van der Waals surface area (Å²) in [5, 5.41) is 5.18. The van der Waals surface area contributed by atoms with Gasteiger partial charge in [0.2, 0.25) is 0 Å². The van der Waals surface area contributed by atoms with Gasteiger partial charge in [-0.05, 0) is 48.7 Å². The number of hydrogen-bond acceptors (Lipinski definition) is 4. The first-order valence-electron chi connectivity index (χ1n) is 7.90. The monoisotopic (exact) mass is 342 g/mol. The minimum Gasteiger partial charge on any atom is -0.497 e. The summed E-state index contributed by atoms with van der Waals surface area (Å²) in [6.45, 7) is 2.24. The molecule has 2 N–H and O–H groups in total. The van der Waals surface area contributed by atoms with Crippen molar-refractivity contribution in [3.8, 4) is 11.5 Å². The maximum Gasteiger partial charge on any atom is 0.313 e. The summed E-state index contributed by atoms with van der Waals surface area (Å²) in [5.74, 6) is -0.155. The normalized spacial score (nSPS) is 10.0. The van der Waals surface area contributed by atoms with Gasteiger partial charge in [0.15, 0.2) is 0 Å². The lowest BCUT2D eigenvalue weighted by Gasteiger charge is -2.11. The fraction of sp³-hybridized carbons (Fsp3) is 0.263. The molecule has 0 atom stereocenters. The molecule has 0 unspecified atom stereocenters. The highest BCUT2D eigenvalue weighted by Crippen LogP contribution is 2.25. The molecule has 132 valence electrons. The van der Waals surface area contributed by atoms with Gasteiger partial charge in [-0.3, -0.25) is 9.59 Å². The summed E-state index contributed by atoms with van der Waals surface area (Å²) in [6, 6.07) is 12.9. The molecule has 0 spiro atoms. The lowest BCUT2D eigenvalue weighted by atomic mass is 10.1. The van der Waals surface area contributed by atoms with E-state index in [0.717, 1.165) is 16.9 Å². The van der Waals surface area contributed by atoms with E-state index >= 15 is 0 Å². The first-order valence-corrected chi connectivity index (χ1v) is 7.90. The lowest BCUT2D eigenvalue weighted by molar-refractivity contribution is -0.136. The zero-order chi connectivity index (χ0) is 18.2. The Balaban J connectivity index is 1.88. The van der Waals surface area contributed by atoms with Crippen molar-refractivity contribution in [1.29, 1.82) is 0 Å². The molecule has 0 radical (unpaired) electrons. The fourth-order valence-electron chi connectivity index (χ4n) is 2.33.